The topological polar surface area (TPSA) is 69.5 Å². The number of carbonyl (C=O) groups excluding carboxylic acids is 1. The third-order valence-electron chi connectivity index (χ3n) is 5.33. The first-order chi connectivity index (χ1) is 14.6. The number of ether oxygens (including phenoxy) is 2. The number of halogens is 1. The molecule has 1 saturated carbocycles. The van der Waals surface area contributed by atoms with Crippen molar-refractivity contribution >= 4 is 21.8 Å². The number of hydrogen-bond donors (Lipinski definition) is 0. The van der Waals surface area contributed by atoms with Crippen molar-refractivity contribution in [3.05, 3.63) is 64.4 Å². The molecule has 0 radical (unpaired) electrons. The Morgan fingerprint density at radius 2 is 1.90 bits per heavy atom. The Labute approximate surface area is 182 Å². The maximum absolute atomic E-state index is 13.2. The number of aromatic nitrogens is 3. The Bertz CT molecular complexity index is 1080. The number of nitrogens with zero attached hydrogens (tertiary/aromatic N) is 4. The number of likely N-dealkylation sites (N-methyl/N-ethyl adjacent to an activating group) is 1. The predicted octanol–water partition coefficient (Wildman–Crippen LogP) is 3.82. The lowest BCUT2D eigenvalue weighted by atomic mass is 10.2. The highest BCUT2D eigenvalue weighted by molar-refractivity contribution is 9.10. The molecule has 1 aromatic heterocycles. The zero-order chi connectivity index (χ0) is 20.7. The maximum Gasteiger partial charge on any atom is 0.276 e. The van der Waals surface area contributed by atoms with Gasteiger partial charge in [-0.3, -0.25) is 4.79 Å². The van der Waals surface area contributed by atoms with Crippen molar-refractivity contribution in [3.63, 3.8) is 0 Å². The second kappa shape index (κ2) is 7.75. The van der Waals surface area contributed by atoms with Gasteiger partial charge >= 0.3 is 0 Å². The molecule has 2 aromatic carbocycles. The molecule has 0 saturated heterocycles. The Hall–Kier alpha value is -2.87. The lowest BCUT2D eigenvalue weighted by Gasteiger charge is -2.29. The molecule has 1 aliphatic heterocycles. The first-order valence-corrected chi connectivity index (χ1v) is 10.7. The summed E-state index contributed by atoms with van der Waals surface area (Å²) in [6.45, 7) is 0.804. The van der Waals surface area contributed by atoms with Crippen LogP contribution in [-0.2, 0) is 0 Å². The maximum atomic E-state index is 13.2. The summed E-state index contributed by atoms with van der Waals surface area (Å²) >= 11 is 3.45. The Morgan fingerprint density at radius 3 is 2.63 bits per heavy atom. The van der Waals surface area contributed by atoms with Crippen molar-refractivity contribution in [1.82, 2.24) is 19.9 Å². The summed E-state index contributed by atoms with van der Waals surface area (Å²) in [7, 11) is 1.77. The second-order valence-corrected chi connectivity index (χ2v) is 8.58. The molecule has 2 heterocycles. The summed E-state index contributed by atoms with van der Waals surface area (Å²) in [4.78, 5) is 14.9. The molecule has 8 heteroatoms. The number of amides is 1. The zero-order valence-electron chi connectivity index (χ0n) is 16.5. The molecule has 0 N–H and O–H groups in total. The fourth-order valence-electron chi connectivity index (χ4n) is 3.66. The summed E-state index contributed by atoms with van der Waals surface area (Å²) in [5, 5.41) is 8.57. The van der Waals surface area contributed by atoms with Gasteiger partial charge in [-0.2, -0.15) is 0 Å². The molecule has 0 bridgehead atoms. The van der Waals surface area contributed by atoms with E-state index < -0.39 is 0 Å². The van der Waals surface area contributed by atoms with Crippen LogP contribution in [0.3, 0.4) is 0 Å². The molecule has 7 nitrogen and oxygen atoms in total. The minimum atomic E-state index is -0.236. The Morgan fingerprint density at radius 1 is 1.17 bits per heavy atom. The van der Waals surface area contributed by atoms with Gasteiger partial charge in [0, 0.05) is 17.4 Å². The fraction of sp³-hybridized carbons (Fsp3) is 0.318. The molecule has 2 aliphatic rings. The molecule has 30 heavy (non-hydrogen) atoms. The van der Waals surface area contributed by atoms with Crippen LogP contribution in [0.15, 0.2) is 53.0 Å². The van der Waals surface area contributed by atoms with Crippen LogP contribution < -0.4 is 9.47 Å². The Balaban J connectivity index is 1.35. The van der Waals surface area contributed by atoms with Gasteiger partial charge in [-0.15, -0.1) is 5.10 Å². The zero-order valence-corrected chi connectivity index (χ0v) is 18.1. The van der Waals surface area contributed by atoms with Crippen molar-refractivity contribution in [3.8, 4) is 17.2 Å². The molecule has 1 amide bonds. The first-order valence-electron chi connectivity index (χ1n) is 9.95. The van der Waals surface area contributed by atoms with Crippen LogP contribution in [0.2, 0.25) is 0 Å². The standard InChI is InChI=1S/C22H21BrN4O3/c1-26(12-17-13-29-18-4-2-3-5-19(18)30-17)22(28)20-21(14-6-7-14)27(25-24-20)16-10-8-15(23)9-11-16/h2-5,8-11,14,17H,6-7,12-13H2,1H3. The van der Waals surface area contributed by atoms with E-state index in [0.29, 0.717) is 30.5 Å². The summed E-state index contributed by atoms with van der Waals surface area (Å²) < 4.78 is 14.6. The van der Waals surface area contributed by atoms with Gasteiger partial charge in [0.15, 0.2) is 23.3 Å². The van der Waals surface area contributed by atoms with E-state index in [1.165, 1.54) is 0 Å². The quantitative estimate of drug-likeness (QED) is 0.569. The van der Waals surface area contributed by atoms with Crippen LogP contribution in [0.25, 0.3) is 5.69 Å². The van der Waals surface area contributed by atoms with Crippen molar-refractivity contribution in [1.29, 1.82) is 0 Å². The minimum Gasteiger partial charge on any atom is -0.486 e. The van der Waals surface area contributed by atoms with E-state index >= 15 is 0 Å². The third kappa shape index (κ3) is 3.67. The van der Waals surface area contributed by atoms with E-state index in [4.69, 9.17) is 9.47 Å². The number of carbonyl (C=O) groups is 1. The fourth-order valence-corrected chi connectivity index (χ4v) is 3.92. The van der Waals surface area contributed by atoms with Gasteiger partial charge in [0.05, 0.1) is 17.9 Å². The monoisotopic (exact) mass is 468 g/mol. The largest absolute Gasteiger partial charge is 0.486 e. The number of para-hydroxylation sites is 2. The van der Waals surface area contributed by atoms with Crippen LogP contribution in [0, 0.1) is 0 Å². The lowest BCUT2D eigenvalue weighted by Crippen LogP contribution is -2.42. The van der Waals surface area contributed by atoms with Crippen molar-refractivity contribution in [2.24, 2.45) is 0 Å². The first kappa shape index (κ1) is 19.1. The lowest BCUT2D eigenvalue weighted by molar-refractivity contribution is 0.0516. The molecular weight excluding hydrogens is 448 g/mol. The van der Waals surface area contributed by atoms with Gasteiger partial charge in [-0.1, -0.05) is 33.3 Å². The summed E-state index contributed by atoms with van der Waals surface area (Å²) in [6, 6.07) is 15.4. The van der Waals surface area contributed by atoms with Gasteiger partial charge in [0.1, 0.15) is 6.61 Å². The average Bonchev–Trinajstić information content (AvgIpc) is 3.51. The normalized spacial score (nSPS) is 17.6. The van der Waals surface area contributed by atoms with Crippen LogP contribution in [0.1, 0.15) is 34.9 Å². The molecule has 1 fully saturated rings. The van der Waals surface area contributed by atoms with Gasteiger partial charge in [-0.25, -0.2) is 4.68 Å². The molecule has 1 unspecified atom stereocenters. The highest BCUT2D eigenvalue weighted by Crippen LogP contribution is 2.42. The molecule has 154 valence electrons. The SMILES string of the molecule is CN(CC1COc2ccccc2O1)C(=O)c1nnn(-c2ccc(Br)cc2)c1C1CC1. The van der Waals surface area contributed by atoms with Gasteiger partial charge in [-0.05, 0) is 49.2 Å². The van der Waals surface area contributed by atoms with E-state index in [1.807, 2.05) is 48.5 Å². The van der Waals surface area contributed by atoms with E-state index in [9.17, 15) is 4.79 Å². The number of hydrogen-bond acceptors (Lipinski definition) is 5. The highest BCUT2D eigenvalue weighted by atomic mass is 79.9. The van der Waals surface area contributed by atoms with E-state index in [1.54, 1.807) is 16.6 Å². The minimum absolute atomic E-state index is 0.150. The molecule has 3 aromatic rings. The van der Waals surface area contributed by atoms with E-state index in [2.05, 4.69) is 26.2 Å². The summed E-state index contributed by atoms with van der Waals surface area (Å²) in [5.41, 5.74) is 2.20. The smallest absolute Gasteiger partial charge is 0.276 e. The van der Waals surface area contributed by atoms with Gasteiger partial charge in [0.2, 0.25) is 0 Å². The average molecular weight is 469 g/mol. The third-order valence-corrected chi connectivity index (χ3v) is 5.86. The summed E-state index contributed by atoms with van der Waals surface area (Å²) in [5.74, 6) is 1.60. The van der Waals surface area contributed by atoms with Gasteiger partial charge < -0.3 is 14.4 Å². The van der Waals surface area contributed by atoms with Crippen LogP contribution in [0.5, 0.6) is 11.5 Å². The van der Waals surface area contributed by atoms with Crippen molar-refractivity contribution in [2.75, 3.05) is 20.2 Å². The summed E-state index contributed by atoms with van der Waals surface area (Å²) in [6.07, 6.45) is 1.86. The highest BCUT2D eigenvalue weighted by Gasteiger charge is 2.36. The molecule has 0 spiro atoms. The van der Waals surface area contributed by atoms with Crippen molar-refractivity contribution < 1.29 is 14.3 Å². The van der Waals surface area contributed by atoms with E-state index in [-0.39, 0.29) is 12.0 Å². The molecule has 1 atom stereocenters. The van der Waals surface area contributed by atoms with Crippen molar-refractivity contribution in [2.45, 2.75) is 24.9 Å². The number of rotatable bonds is 5. The molecular formula is C22H21BrN4O3. The van der Waals surface area contributed by atoms with Crippen LogP contribution in [0.4, 0.5) is 0 Å². The van der Waals surface area contributed by atoms with Crippen LogP contribution in [-0.4, -0.2) is 52.1 Å². The second-order valence-electron chi connectivity index (χ2n) is 7.67. The van der Waals surface area contributed by atoms with Gasteiger partial charge in [0.25, 0.3) is 5.91 Å². The Kier molecular flexibility index (Phi) is 4.94. The number of benzene rings is 2. The van der Waals surface area contributed by atoms with E-state index in [0.717, 1.165) is 34.4 Å². The predicted molar refractivity (Wildman–Crippen MR) is 114 cm³/mol. The van der Waals surface area contributed by atoms with Crippen LogP contribution >= 0.6 is 15.9 Å². The molecule has 1 aliphatic carbocycles. The number of fused-ring (bicyclic) bond motifs is 1. The molecule has 5 rings (SSSR count).